The van der Waals surface area contributed by atoms with E-state index in [4.69, 9.17) is 16.3 Å². The molecule has 1 heterocycles. The molecule has 7 heteroatoms. The van der Waals surface area contributed by atoms with Crippen LogP contribution in [0.5, 0.6) is 5.75 Å². The molecule has 0 spiro atoms. The first-order chi connectivity index (χ1) is 10.4. The summed E-state index contributed by atoms with van der Waals surface area (Å²) in [6.07, 6.45) is 0. The molecular weight excluding hydrogens is 324 g/mol. The van der Waals surface area contributed by atoms with Gasteiger partial charge in [-0.2, -0.15) is 11.8 Å². The molecule has 1 aromatic carbocycles. The van der Waals surface area contributed by atoms with Crippen LogP contribution in [0.2, 0.25) is 5.02 Å². The molecule has 2 aromatic rings. The second-order valence-corrected chi connectivity index (χ2v) is 6.22. The highest BCUT2D eigenvalue weighted by atomic mass is 35.5. The topological polar surface area (TPSA) is 53.2 Å². The molecule has 0 unspecified atom stereocenters. The van der Waals surface area contributed by atoms with Crippen LogP contribution >= 0.6 is 23.4 Å². The average molecular weight is 341 g/mol. The molecule has 0 aliphatic carbocycles. The molecule has 0 amide bonds. The Morgan fingerprint density at radius 3 is 2.50 bits per heavy atom. The van der Waals surface area contributed by atoms with Crippen LogP contribution in [0, 0.1) is 0 Å². The zero-order valence-corrected chi connectivity index (χ0v) is 14.2. The average Bonchev–Trinajstić information content (AvgIpc) is 2.51. The summed E-state index contributed by atoms with van der Waals surface area (Å²) in [4.78, 5) is 23.5. The van der Waals surface area contributed by atoms with E-state index in [0.29, 0.717) is 28.0 Å². The lowest BCUT2D eigenvalue weighted by Gasteiger charge is -2.10. The monoisotopic (exact) mass is 340 g/mol. The van der Waals surface area contributed by atoms with Gasteiger partial charge in [-0.05, 0) is 17.7 Å². The van der Waals surface area contributed by atoms with Crippen molar-refractivity contribution in [3.8, 4) is 5.75 Å². The Kier molecular flexibility index (Phi) is 5.37. The van der Waals surface area contributed by atoms with Gasteiger partial charge in [0.05, 0.1) is 7.11 Å². The maximum atomic E-state index is 11.8. The fourth-order valence-electron chi connectivity index (χ4n) is 1.95. The zero-order valence-electron chi connectivity index (χ0n) is 12.6. The van der Waals surface area contributed by atoms with E-state index in [1.807, 2.05) is 12.1 Å². The van der Waals surface area contributed by atoms with Gasteiger partial charge in [-0.15, -0.1) is 0 Å². The fraction of sp³-hybridized carbons (Fsp3) is 0.333. The molecule has 5 nitrogen and oxygen atoms in total. The lowest BCUT2D eigenvalue weighted by Crippen LogP contribution is -2.37. The van der Waals surface area contributed by atoms with E-state index in [1.165, 1.54) is 17.7 Å². The minimum Gasteiger partial charge on any atom is -0.497 e. The molecular formula is C15H17ClN2O3S. The summed E-state index contributed by atoms with van der Waals surface area (Å²) in [5.74, 6) is 1.96. The van der Waals surface area contributed by atoms with Crippen LogP contribution < -0.4 is 16.0 Å². The van der Waals surface area contributed by atoms with E-state index < -0.39 is 0 Å². The van der Waals surface area contributed by atoms with Crippen molar-refractivity contribution in [1.29, 1.82) is 0 Å². The molecule has 118 valence electrons. The molecule has 0 fully saturated rings. The summed E-state index contributed by atoms with van der Waals surface area (Å²) < 4.78 is 7.69. The fourth-order valence-corrected chi connectivity index (χ4v) is 3.33. The molecule has 0 aliphatic heterocycles. The Morgan fingerprint density at radius 2 is 1.86 bits per heavy atom. The highest BCUT2D eigenvalue weighted by molar-refractivity contribution is 7.97. The summed E-state index contributed by atoms with van der Waals surface area (Å²) in [6.45, 7) is 0. The first-order valence-electron chi connectivity index (χ1n) is 6.60. The van der Waals surface area contributed by atoms with Gasteiger partial charge < -0.3 is 4.74 Å². The summed E-state index contributed by atoms with van der Waals surface area (Å²) in [7, 11) is 4.73. The zero-order chi connectivity index (χ0) is 16.3. The van der Waals surface area contributed by atoms with Gasteiger partial charge in [-0.1, -0.05) is 17.7 Å². The number of ether oxygens (including phenoxy) is 1. The molecule has 0 bridgehead atoms. The number of hydrogen-bond donors (Lipinski definition) is 0. The van der Waals surface area contributed by atoms with Gasteiger partial charge in [-0.3, -0.25) is 13.9 Å². The predicted molar refractivity (Wildman–Crippen MR) is 89.9 cm³/mol. The van der Waals surface area contributed by atoms with Gasteiger partial charge in [0.15, 0.2) is 0 Å². The van der Waals surface area contributed by atoms with E-state index in [-0.39, 0.29) is 11.2 Å². The molecule has 1 aromatic heterocycles. The van der Waals surface area contributed by atoms with Crippen LogP contribution in [0.1, 0.15) is 11.3 Å². The second kappa shape index (κ2) is 7.07. The van der Waals surface area contributed by atoms with Gasteiger partial charge in [0.25, 0.3) is 5.56 Å². The van der Waals surface area contributed by atoms with E-state index in [9.17, 15) is 9.59 Å². The van der Waals surface area contributed by atoms with Gasteiger partial charge in [0.2, 0.25) is 0 Å². The van der Waals surface area contributed by atoms with Gasteiger partial charge in [-0.25, -0.2) is 4.79 Å². The van der Waals surface area contributed by atoms with Crippen molar-refractivity contribution in [2.24, 2.45) is 14.1 Å². The smallest absolute Gasteiger partial charge is 0.330 e. The van der Waals surface area contributed by atoms with Crippen LogP contribution in [-0.2, 0) is 25.6 Å². The first kappa shape index (κ1) is 16.7. The number of methoxy groups -OCH3 is 1. The SMILES string of the molecule is COc1ccc(CSCc2cc(=O)n(C)c(=O)n2C)c(Cl)c1. The summed E-state index contributed by atoms with van der Waals surface area (Å²) in [5.41, 5.74) is 1.08. The van der Waals surface area contributed by atoms with Crippen molar-refractivity contribution in [2.45, 2.75) is 11.5 Å². The predicted octanol–water partition coefficient (Wildman–Crippen LogP) is 2.18. The molecule has 22 heavy (non-hydrogen) atoms. The Hall–Kier alpha value is -1.66. The number of nitrogens with zero attached hydrogens (tertiary/aromatic N) is 2. The Labute approximate surface area is 137 Å². The molecule has 2 rings (SSSR count). The van der Waals surface area contributed by atoms with E-state index in [0.717, 1.165) is 10.1 Å². The number of halogens is 1. The molecule has 0 atom stereocenters. The maximum Gasteiger partial charge on any atom is 0.330 e. The van der Waals surface area contributed by atoms with E-state index >= 15 is 0 Å². The van der Waals surface area contributed by atoms with Crippen LogP contribution in [0.15, 0.2) is 33.9 Å². The minimum atomic E-state index is -0.314. The number of hydrogen-bond acceptors (Lipinski definition) is 4. The van der Waals surface area contributed by atoms with Crippen LogP contribution in [0.3, 0.4) is 0 Å². The lowest BCUT2D eigenvalue weighted by atomic mass is 10.2. The maximum absolute atomic E-state index is 11.8. The van der Waals surface area contributed by atoms with Crippen molar-refractivity contribution < 1.29 is 4.74 Å². The summed E-state index contributed by atoms with van der Waals surface area (Å²) in [5, 5.41) is 0.643. The van der Waals surface area contributed by atoms with Crippen molar-refractivity contribution in [3.05, 3.63) is 61.4 Å². The third kappa shape index (κ3) is 3.56. The third-order valence-corrected chi connectivity index (χ3v) is 4.76. The summed E-state index contributed by atoms with van der Waals surface area (Å²) in [6, 6.07) is 7.03. The van der Waals surface area contributed by atoms with Crippen molar-refractivity contribution in [3.63, 3.8) is 0 Å². The first-order valence-corrected chi connectivity index (χ1v) is 8.13. The Morgan fingerprint density at radius 1 is 1.14 bits per heavy atom. The quantitative estimate of drug-likeness (QED) is 0.837. The van der Waals surface area contributed by atoms with Crippen LogP contribution in [0.4, 0.5) is 0 Å². The molecule has 0 aliphatic rings. The van der Waals surface area contributed by atoms with Crippen molar-refractivity contribution in [1.82, 2.24) is 9.13 Å². The van der Waals surface area contributed by atoms with Crippen LogP contribution in [-0.4, -0.2) is 16.2 Å². The lowest BCUT2D eigenvalue weighted by molar-refractivity contribution is 0.414. The van der Waals surface area contributed by atoms with Gasteiger partial charge in [0.1, 0.15) is 5.75 Å². The molecule has 0 N–H and O–H groups in total. The molecule has 0 saturated carbocycles. The third-order valence-electron chi connectivity index (χ3n) is 3.39. The van der Waals surface area contributed by atoms with Gasteiger partial charge >= 0.3 is 5.69 Å². The van der Waals surface area contributed by atoms with E-state index in [2.05, 4.69) is 0 Å². The standard InChI is InChI=1S/C15H17ClN2O3S/c1-17-11(6-14(19)18(2)15(17)20)9-22-8-10-4-5-12(21-3)7-13(10)16/h4-7H,8-9H2,1-3H3. The normalized spacial score (nSPS) is 10.7. The Bertz CT molecular complexity index is 798. The highest BCUT2D eigenvalue weighted by Crippen LogP contribution is 2.26. The van der Waals surface area contributed by atoms with Crippen LogP contribution in [0.25, 0.3) is 0 Å². The highest BCUT2D eigenvalue weighted by Gasteiger charge is 2.07. The van der Waals surface area contributed by atoms with Crippen molar-refractivity contribution in [2.75, 3.05) is 7.11 Å². The number of benzene rings is 1. The Balaban J connectivity index is 2.09. The molecule has 0 saturated heterocycles. The largest absolute Gasteiger partial charge is 0.497 e. The molecule has 0 radical (unpaired) electrons. The summed E-state index contributed by atoms with van der Waals surface area (Å²) >= 11 is 7.78. The minimum absolute atomic E-state index is 0.291. The van der Waals surface area contributed by atoms with Crippen molar-refractivity contribution >= 4 is 23.4 Å². The number of aromatic nitrogens is 2. The number of thioether (sulfide) groups is 1. The van der Waals surface area contributed by atoms with E-state index in [1.54, 1.807) is 32.0 Å². The van der Waals surface area contributed by atoms with Gasteiger partial charge in [0, 0.05) is 42.4 Å². The number of rotatable bonds is 5. The second-order valence-electron chi connectivity index (χ2n) is 4.82.